The molecule has 16 nitrogen and oxygen atoms in total. The highest BCUT2D eigenvalue weighted by Crippen LogP contribution is 2.38. The molecular weight excluding hydrogens is 1490 g/mol. The van der Waals surface area contributed by atoms with Gasteiger partial charge in [0.05, 0.1) is 46.4 Å². The molecule has 5 N–H and O–H groups in total. The van der Waals surface area contributed by atoms with Crippen LogP contribution in [0.15, 0.2) is 81.7 Å². The number of amides is 3. The van der Waals surface area contributed by atoms with Crippen LogP contribution in [0.2, 0.25) is 36.3 Å². The second kappa shape index (κ2) is 45.3. The van der Waals surface area contributed by atoms with Crippen molar-refractivity contribution in [3.63, 3.8) is 0 Å². The summed E-state index contributed by atoms with van der Waals surface area (Å²) in [6.45, 7) is 47.2. The summed E-state index contributed by atoms with van der Waals surface area (Å²) in [4.78, 5) is 34.5. The monoisotopic (exact) mass is 1590 g/mol. The molecule has 0 aliphatic rings. The van der Waals surface area contributed by atoms with Crippen molar-refractivity contribution >= 4 is 82.7 Å². The number of phenols is 1. The van der Waals surface area contributed by atoms with Gasteiger partial charge in [0, 0.05) is 35.6 Å². The molecule has 3 amide bonds. The number of hydrogen-bond donors (Lipinski definition) is 5. The molecule has 0 aliphatic carbocycles. The average molecular weight is 1600 g/mol. The Hall–Kier alpha value is -5.52. The predicted octanol–water partition coefficient (Wildman–Crippen LogP) is 19.1. The number of terminal acetylenes is 1. The van der Waals surface area contributed by atoms with E-state index in [9.17, 15) is 31.9 Å². The summed E-state index contributed by atoms with van der Waals surface area (Å²) in [6, 6.07) is 15.9. The highest BCUT2D eigenvalue weighted by molar-refractivity contribution is 9.11. The van der Waals surface area contributed by atoms with Gasteiger partial charge in [-0.2, -0.15) is 0 Å². The van der Waals surface area contributed by atoms with Crippen LogP contribution in [0.4, 0.5) is 31.9 Å². The van der Waals surface area contributed by atoms with Crippen LogP contribution in [0, 0.1) is 47.5 Å². The lowest BCUT2D eigenvalue weighted by Crippen LogP contribution is -2.41. The SMILES string of the molecule is C#C[C@@H](C)NC(=O)OC(C)(C)C.CC(C)(C)[Si](C)(C)OCCOc1cc(F)ccc1Br.CCCBr.C[C@H](C#Cc1ccc(F)cc1OCCO[Si](C)(C)C(C)(C)C)NC(=O)OC(C)(C)C.C[C@H](CCc1ccc(F)cc1OCCO)NC(=O)OC(C)(C)C.Oc1cc(F)ccc1Br. The van der Waals surface area contributed by atoms with Crippen LogP contribution >= 0.6 is 47.8 Å². The second-order valence-corrected chi connectivity index (χ2v) is 40.1. The zero-order valence-electron chi connectivity index (χ0n) is 61.3. The number of nitrogens with one attached hydrogen (secondary N) is 3. The second-order valence-electron chi connectivity index (χ2n) is 28.0. The van der Waals surface area contributed by atoms with E-state index in [0.717, 1.165) is 21.4 Å². The molecule has 3 atom stereocenters. The number of aliphatic hydroxyl groups excluding tert-OH is 1. The molecule has 0 radical (unpaired) electrons. The lowest BCUT2D eigenvalue weighted by Gasteiger charge is -2.36. The van der Waals surface area contributed by atoms with Gasteiger partial charge in [-0.3, -0.25) is 0 Å². The molecule has 25 heteroatoms. The largest absolute Gasteiger partial charge is 0.507 e. The number of hydrogen-bond acceptors (Lipinski definition) is 13. The summed E-state index contributed by atoms with van der Waals surface area (Å²) in [5.41, 5.74) is -0.217. The topological polar surface area (TPSA) is 202 Å². The molecule has 4 aromatic rings. The summed E-state index contributed by atoms with van der Waals surface area (Å²) >= 11 is 9.59. The van der Waals surface area contributed by atoms with Crippen molar-refractivity contribution in [3.05, 3.63) is 116 Å². The summed E-state index contributed by atoms with van der Waals surface area (Å²) in [7, 11) is -3.60. The van der Waals surface area contributed by atoms with Gasteiger partial charge < -0.3 is 63.4 Å². The number of halogens is 7. The van der Waals surface area contributed by atoms with Gasteiger partial charge in [-0.05, 0) is 218 Å². The Kier molecular flexibility index (Phi) is 43.7. The molecule has 4 rings (SSSR count). The molecule has 0 saturated heterocycles. The van der Waals surface area contributed by atoms with Gasteiger partial charge in [-0.15, -0.1) is 6.42 Å². The molecule has 97 heavy (non-hydrogen) atoms. The molecule has 0 bridgehead atoms. The van der Waals surface area contributed by atoms with Crippen molar-refractivity contribution in [3.8, 4) is 47.2 Å². The lowest BCUT2D eigenvalue weighted by atomic mass is 10.1. The lowest BCUT2D eigenvalue weighted by molar-refractivity contribution is 0.0498. The van der Waals surface area contributed by atoms with Gasteiger partial charge in [0.1, 0.15) is 82.9 Å². The van der Waals surface area contributed by atoms with E-state index in [-0.39, 0.29) is 52.8 Å². The zero-order chi connectivity index (χ0) is 75.3. The highest BCUT2D eigenvalue weighted by Gasteiger charge is 2.38. The fourth-order valence-electron chi connectivity index (χ4n) is 6.33. The van der Waals surface area contributed by atoms with Gasteiger partial charge in [-0.25, -0.2) is 31.9 Å². The van der Waals surface area contributed by atoms with Crippen LogP contribution in [-0.4, -0.2) is 125 Å². The van der Waals surface area contributed by atoms with E-state index < -0.39 is 69.4 Å². The first-order valence-corrected chi connectivity index (χ1v) is 40.4. The van der Waals surface area contributed by atoms with E-state index in [1.165, 1.54) is 55.0 Å². The number of ether oxygens (including phenoxy) is 6. The van der Waals surface area contributed by atoms with Crippen LogP contribution < -0.4 is 30.2 Å². The number of carbonyl (C=O) groups is 3. The molecular formula is C72H110Br3F4N3O13Si2. The Morgan fingerprint density at radius 2 is 0.938 bits per heavy atom. The van der Waals surface area contributed by atoms with Gasteiger partial charge in [0.25, 0.3) is 0 Å². The Balaban J connectivity index is 0. The molecule has 0 spiro atoms. The molecule has 0 unspecified atom stereocenters. The maximum atomic E-state index is 13.7. The standard InChI is InChI=1S/C23H36FNO4Si.C17H26FNO4.C14H22BrFO2Si.C9H15NO2.C6H4BrFO.C3H7Br/c1-17(25-21(26)29-22(2,3)4)10-11-18-12-13-19(24)16-20(18)27-14-15-28-30(8,9)23(5,6)7;1-12(19-16(21)23-17(2,3)4)5-6-13-7-8-14(18)11-15(13)22-10-9-20;1-14(2,3)19(4,5)18-9-8-17-13-10-11(16)6-7-12(13)15;1-6-7(2)10-8(11)12-9(3,4)5;7-5-2-1-4(8)3-6(5)9;1-2-3-4/h12-13,16-17H,14-15H2,1-9H3,(H,25,26);7-8,11-12,20H,5-6,9-10H2,1-4H3,(H,19,21);6-7,10H,8-9H2,1-5H3;1,7H,2-5H3,(H,10,11);1-3,9H;2-3H2,1H3/t17-;12-;;7-;;/m11.1../s1. The number of alkyl carbamates (subject to hydrolysis) is 3. The number of carbonyl (C=O) groups excluding carboxylic acids is 3. The molecule has 4 aromatic carbocycles. The number of benzene rings is 4. The molecule has 0 saturated carbocycles. The van der Waals surface area contributed by atoms with E-state index in [1.54, 1.807) is 94.4 Å². The van der Waals surface area contributed by atoms with Gasteiger partial charge in [-0.1, -0.05) is 88.2 Å². The van der Waals surface area contributed by atoms with E-state index >= 15 is 0 Å². The number of alkyl halides is 1. The smallest absolute Gasteiger partial charge is 0.408 e. The normalized spacial score (nSPS) is 12.3. The maximum absolute atomic E-state index is 13.7. The molecule has 548 valence electrons. The summed E-state index contributed by atoms with van der Waals surface area (Å²) in [6.07, 6.45) is 6.09. The van der Waals surface area contributed by atoms with Crippen molar-refractivity contribution in [2.24, 2.45) is 0 Å². The first-order valence-electron chi connectivity index (χ1n) is 31.9. The minimum atomic E-state index is -1.86. The fraction of sp³-hybridized carbons (Fsp3) is 0.569. The van der Waals surface area contributed by atoms with Crippen molar-refractivity contribution in [2.45, 2.75) is 222 Å². The third-order valence-corrected chi connectivity index (χ3v) is 24.5. The third kappa shape index (κ3) is 45.7. The number of aryl methyl sites for hydroxylation is 1. The van der Waals surface area contributed by atoms with Crippen molar-refractivity contribution in [2.75, 3.05) is 45.0 Å². The number of aromatic hydroxyl groups is 1. The average Bonchev–Trinajstić information content (AvgIpc) is 0.870. The molecule has 0 fully saturated rings. The van der Waals surface area contributed by atoms with Crippen LogP contribution in [0.3, 0.4) is 0 Å². The van der Waals surface area contributed by atoms with Crippen molar-refractivity contribution < 1.29 is 79.4 Å². The first-order chi connectivity index (χ1) is 44.4. The Labute approximate surface area is 604 Å². The van der Waals surface area contributed by atoms with Crippen molar-refractivity contribution in [1.82, 2.24) is 16.0 Å². The minimum absolute atomic E-state index is 0.0741. The number of rotatable bonds is 20. The summed E-state index contributed by atoms with van der Waals surface area (Å²) in [5.74, 6) is 7.92. The molecule has 0 aromatic heterocycles. The Morgan fingerprint density at radius 1 is 0.557 bits per heavy atom. The van der Waals surface area contributed by atoms with Gasteiger partial charge in [0.15, 0.2) is 16.6 Å². The van der Waals surface area contributed by atoms with E-state index in [4.69, 9.17) is 53.9 Å². The quantitative estimate of drug-likeness (QED) is 0.0140. The fourth-order valence-corrected chi connectivity index (χ4v) is 8.99. The Bertz CT molecular complexity index is 3090. The van der Waals surface area contributed by atoms with E-state index in [2.05, 4.69) is 156 Å². The van der Waals surface area contributed by atoms with Crippen LogP contribution in [0.5, 0.6) is 23.0 Å². The minimum Gasteiger partial charge on any atom is -0.507 e. The summed E-state index contributed by atoms with van der Waals surface area (Å²) < 4.78 is 97.6. The Morgan fingerprint density at radius 3 is 1.35 bits per heavy atom. The predicted molar refractivity (Wildman–Crippen MR) is 397 cm³/mol. The van der Waals surface area contributed by atoms with E-state index in [0.29, 0.717) is 66.6 Å². The maximum Gasteiger partial charge on any atom is 0.408 e. The third-order valence-electron chi connectivity index (χ3n) is 13.3. The first kappa shape index (κ1) is 93.5. The van der Waals surface area contributed by atoms with Crippen molar-refractivity contribution in [1.29, 1.82) is 0 Å². The zero-order valence-corrected chi connectivity index (χ0v) is 68.1. The number of phenolic OH excluding ortho intramolecular Hbond substituents is 1. The van der Waals surface area contributed by atoms with Crippen LogP contribution in [0.25, 0.3) is 0 Å². The van der Waals surface area contributed by atoms with Crippen LogP contribution in [0.1, 0.15) is 156 Å². The van der Waals surface area contributed by atoms with Crippen LogP contribution in [-0.2, 0) is 29.5 Å². The molecule has 0 heterocycles. The highest BCUT2D eigenvalue weighted by atomic mass is 79.9. The molecule has 0 aliphatic heterocycles. The summed E-state index contributed by atoms with van der Waals surface area (Å²) in [5, 5.41) is 27.0. The number of aliphatic hydroxyl groups is 1. The van der Waals surface area contributed by atoms with E-state index in [1.807, 2.05) is 6.92 Å². The van der Waals surface area contributed by atoms with Gasteiger partial charge >= 0.3 is 18.3 Å². The van der Waals surface area contributed by atoms with Gasteiger partial charge in [0.2, 0.25) is 0 Å².